The third-order valence-electron chi connectivity index (χ3n) is 3.00. The summed E-state index contributed by atoms with van der Waals surface area (Å²) in [6, 6.07) is 5.41. The molecule has 0 fully saturated rings. The van der Waals surface area contributed by atoms with Crippen molar-refractivity contribution in [1.82, 2.24) is 5.32 Å². The Morgan fingerprint density at radius 3 is 2.32 bits per heavy atom. The first-order chi connectivity index (χ1) is 8.76. The zero-order valence-electron chi connectivity index (χ0n) is 12.0. The number of anilines is 2. The maximum atomic E-state index is 12.0. The predicted octanol–water partition coefficient (Wildman–Crippen LogP) is 1.89. The molecule has 0 heterocycles. The summed E-state index contributed by atoms with van der Waals surface area (Å²) in [6.07, 6.45) is 0. The van der Waals surface area contributed by atoms with Crippen LogP contribution in [-0.2, 0) is 9.59 Å². The molecule has 0 unspecified atom stereocenters. The molecular weight excluding hydrogens is 242 g/mol. The van der Waals surface area contributed by atoms with E-state index >= 15 is 0 Å². The summed E-state index contributed by atoms with van der Waals surface area (Å²) in [5.41, 5.74) is 1.65. The van der Waals surface area contributed by atoms with Gasteiger partial charge in [0.2, 0.25) is 11.8 Å². The lowest BCUT2D eigenvalue weighted by Crippen LogP contribution is -2.47. The van der Waals surface area contributed by atoms with Crippen LogP contribution in [0.3, 0.4) is 0 Å². The Balaban J connectivity index is 2.91. The SMILES string of the molecule is CNC(C)(C)C(=O)Nc1ccc(C)c(NC(C)=O)c1. The Labute approximate surface area is 113 Å². The molecule has 0 saturated carbocycles. The highest BCUT2D eigenvalue weighted by molar-refractivity contribution is 5.98. The number of nitrogens with one attached hydrogen (secondary N) is 3. The molecule has 2 amide bonds. The Hall–Kier alpha value is -1.88. The molecule has 5 nitrogen and oxygen atoms in total. The number of carbonyl (C=O) groups excluding carboxylic acids is 2. The van der Waals surface area contributed by atoms with Crippen molar-refractivity contribution in [1.29, 1.82) is 0 Å². The van der Waals surface area contributed by atoms with Gasteiger partial charge in [-0.25, -0.2) is 0 Å². The fourth-order valence-electron chi connectivity index (χ4n) is 1.42. The van der Waals surface area contributed by atoms with Gasteiger partial charge in [0.25, 0.3) is 0 Å². The van der Waals surface area contributed by atoms with Gasteiger partial charge in [0.1, 0.15) is 0 Å². The van der Waals surface area contributed by atoms with Crippen LogP contribution in [0.2, 0.25) is 0 Å². The van der Waals surface area contributed by atoms with Crippen LogP contribution in [0, 0.1) is 6.92 Å². The van der Waals surface area contributed by atoms with E-state index in [1.807, 2.05) is 19.1 Å². The molecule has 104 valence electrons. The van der Waals surface area contributed by atoms with E-state index in [1.54, 1.807) is 27.0 Å². The maximum absolute atomic E-state index is 12.0. The Morgan fingerprint density at radius 2 is 1.79 bits per heavy atom. The van der Waals surface area contributed by atoms with Crippen LogP contribution in [0.1, 0.15) is 26.3 Å². The Morgan fingerprint density at radius 1 is 1.16 bits per heavy atom. The van der Waals surface area contributed by atoms with Crippen LogP contribution in [0.25, 0.3) is 0 Å². The maximum Gasteiger partial charge on any atom is 0.244 e. The molecule has 0 spiro atoms. The van der Waals surface area contributed by atoms with Crippen molar-refractivity contribution >= 4 is 23.2 Å². The zero-order chi connectivity index (χ0) is 14.6. The van der Waals surface area contributed by atoms with Crippen LogP contribution < -0.4 is 16.0 Å². The number of rotatable bonds is 4. The molecule has 0 atom stereocenters. The number of carbonyl (C=O) groups is 2. The van der Waals surface area contributed by atoms with Crippen molar-refractivity contribution in [2.45, 2.75) is 33.2 Å². The molecule has 1 aromatic carbocycles. The van der Waals surface area contributed by atoms with E-state index in [-0.39, 0.29) is 11.8 Å². The van der Waals surface area contributed by atoms with E-state index in [0.29, 0.717) is 11.4 Å². The Bertz CT molecular complexity index is 495. The molecule has 5 heteroatoms. The fraction of sp³-hybridized carbons (Fsp3) is 0.429. The van der Waals surface area contributed by atoms with Gasteiger partial charge in [-0.15, -0.1) is 0 Å². The number of benzene rings is 1. The number of hydrogen-bond acceptors (Lipinski definition) is 3. The van der Waals surface area contributed by atoms with Gasteiger partial charge < -0.3 is 16.0 Å². The molecule has 1 aromatic rings. The third-order valence-corrected chi connectivity index (χ3v) is 3.00. The summed E-state index contributed by atoms with van der Waals surface area (Å²) in [5.74, 6) is -0.269. The summed E-state index contributed by atoms with van der Waals surface area (Å²) in [6.45, 7) is 6.94. The first kappa shape index (κ1) is 15.2. The lowest BCUT2D eigenvalue weighted by molar-refractivity contribution is -0.121. The number of aryl methyl sites for hydroxylation is 1. The molecular formula is C14H21N3O2. The fourth-order valence-corrected chi connectivity index (χ4v) is 1.42. The standard InChI is InChI=1S/C14H21N3O2/c1-9-6-7-11(8-12(9)16-10(2)18)17-13(19)14(3,4)15-5/h6-8,15H,1-5H3,(H,16,18)(H,17,19). The average Bonchev–Trinajstić information content (AvgIpc) is 2.32. The van der Waals surface area contributed by atoms with E-state index in [2.05, 4.69) is 16.0 Å². The number of likely N-dealkylation sites (N-methyl/N-ethyl adjacent to an activating group) is 1. The molecule has 0 bridgehead atoms. The van der Waals surface area contributed by atoms with Crippen molar-refractivity contribution in [3.05, 3.63) is 23.8 Å². The first-order valence-corrected chi connectivity index (χ1v) is 6.15. The lowest BCUT2D eigenvalue weighted by atomic mass is 10.0. The van der Waals surface area contributed by atoms with Crippen LogP contribution in [0.4, 0.5) is 11.4 Å². The molecule has 0 aliphatic rings. The molecule has 1 rings (SSSR count). The van der Waals surface area contributed by atoms with Gasteiger partial charge in [-0.2, -0.15) is 0 Å². The smallest absolute Gasteiger partial charge is 0.244 e. The summed E-state index contributed by atoms with van der Waals surface area (Å²) < 4.78 is 0. The van der Waals surface area contributed by atoms with Crippen molar-refractivity contribution in [2.75, 3.05) is 17.7 Å². The predicted molar refractivity (Wildman–Crippen MR) is 77.3 cm³/mol. The van der Waals surface area contributed by atoms with Gasteiger partial charge in [-0.05, 0) is 45.5 Å². The van der Waals surface area contributed by atoms with Crippen molar-refractivity contribution < 1.29 is 9.59 Å². The van der Waals surface area contributed by atoms with Gasteiger partial charge in [0.15, 0.2) is 0 Å². The average molecular weight is 263 g/mol. The van der Waals surface area contributed by atoms with Crippen molar-refractivity contribution in [3.8, 4) is 0 Å². The first-order valence-electron chi connectivity index (χ1n) is 6.15. The minimum atomic E-state index is -0.654. The Kier molecular flexibility index (Phi) is 4.67. The highest BCUT2D eigenvalue weighted by Gasteiger charge is 2.25. The van der Waals surface area contributed by atoms with E-state index in [4.69, 9.17) is 0 Å². The van der Waals surface area contributed by atoms with Gasteiger partial charge in [-0.1, -0.05) is 6.07 Å². The molecule has 3 N–H and O–H groups in total. The summed E-state index contributed by atoms with van der Waals surface area (Å²) in [5, 5.41) is 8.49. The zero-order valence-corrected chi connectivity index (χ0v) is 12.0. The van der Waals surface area contributed by atoms with Crippen LogP contribution in [0.5, 0.6) is 0 Å². The molecule has 0 aliphatic carbocycles. The highest BCUT2D eigenvalue weighted by Crippen LogP contribution is 2.21. The topological polar surface area (TPSA) is 70.2 Å². The number of hydrogen-bond donors (Lipinski definition) is 3. The third kappa shape index (κ3) is 4.06. The van der Waals surface area contributed by atoms with E-state index in [9.17, 15) is 9.59 Å². The van der Waals surface area contributed by atoms with E-state index in [0.717, 1.165) is 5.56 Å². The second-order valence-electron chi connectivity index (χ2n) is 5.04. The summed E-state index contributed by atoms with van der Waals surface area (Å²) in [7, 11) is 1.73. The summed E-state index contributed by atoms with van der Waals surface area (Å²) >= 11 is 0. The number of amides is 2. The quantitative estimate of drug-likeness (QED) is 0.777. The largest absolute Gasteiger partial charge is 0.326 e. The summed E-state index contributed by atoms with van der Waals surface area (Å²) in [4.78, 5) is 23.1. The lowest BCUT2D eigenvalue weighted by Gasteiger charge is -2.23. The minimum Gasteiger partial charge on any atom is -0.326 e. The normalized spacial score (nSPS) is 11.0. The van der Waals surface area contributed by atoms with Crippen LogP contribution in [-0.4, -0.2) is 24.4 Å². The molecule has 0 saturated heterocycles. The second-order valence-corrected chi connectivity index (χ2v) is 5.04. The molecule has 19 heavy (non-hydrogen) atoms. The van der Waals surface area contributed by atoms with Crippen molar-refractivity contribution in [2.24, 2.45) is 0 Å². The van der Waals surface area contributed by atoms with Crippen LogP contribution >= 0.6 is 0 Å². The van der Waals surface area contributed by atoms with Gasteiger partial charge in [-0.3, -0.25) is 9.59 Å². The molecule has 0 aromatic heterocycles. The second kappa shape index (κ2) is 5.84. The monoisotopic (exact) mass is 263 g/mol. The van der Waals surface area contributed by atoms with Gasteiger partial charge in [0, 0.05) is 18.3 Å². The van der Waals surface area contributed by atoms with E-state index < -0.39 is 5.54 Å². The minimum absolute atomic E-state index is 0.132. The van der Waals surface area contributed by atoms with Crippen LogP contribution in [0.15, 0.2) is 18.2 Å². The molecule has 0 radical (unpaired) electrons. The highest BCUT2D eigenvalue weighted by atomic mass is 16.2. The molecule has 0 aliphatic heterocycles. The van der Waals surface area contributed by atoms with E-state index in [1.165, 1.54) is 6.92 Å². The van der Waals surface area contributed by atoms with Gasteiger partial charge >= 0.3 is 0 Å². The van der Waals surface area contributed by atoms with Crippen molar-refractivity contribution in [3.63, 3.8) is 0 Å². The van der Waals surface area contributed by atoms with Gasteiger partial charge in [0.05, 0.1) is 5.54 Å².